The van der Waals surface area contributed by atoms with Crippen LogP contribution in [0.3, 0.4) is 0 Å². The molecule has 1 rings (SSSR count). The van der Waals surface area contributed by atoms with Gasteiger partial charge in [0.05, 0.1) is 11.4 Å². The van der Waals surface area contributed by atoms with Crippen molar-refractivity contribution < 1.29 is 30.8 Å². The minimum atomic E-state index is -4.62. The van der Waals surface area contributed by atoms with Crippen LogP contribution in [0.15, 0.2) is 41.8 Å². The van der Waals surface area contributed by atoms with Gasteiger partial charge in [0.2, 0.25) is 15.9 Å². The molecule has 0 saturated carbocycles. The van der Waals surface area contributed by atoms with Crippen LogP contribution in [0.5, 0.6) is 0 Å². The van der Waals surface area contributed by atoms with Gasteiger partial charge < -0.3 is 4.90 Å². The van der Waals surface area contributed by atoms with Gasteiger partial charge in [-0.3, -0.25) is 4.79 Å². The highest BCUT2D eigenvalue weighted by molar-refractivity contribution is 7.89. The second-order valence-electron chi connectivity index (χ2n) is 4.89. The van der Waals surface area contributed by atoms with Crippen LogP contribution in [0.4, 0.5) is 17.6 Å². The van der Waals surface area contributed by atoms with E-state index in [-0.39, 0.29) is 11.4 Å². The van der Waals surface area contributed by atoms with E-state index in [4.69, 9.17) is 0 Å². The Bertz CT molecular complexity index is 687. The number of alkyl halides is 3. The van der Waals surface area contributed by atoms with Gasteiger partial charge in [-0.25, -0.2) is 12.8 Å². The molecule has 5 nitrogen and oxygen atoms in total. The molecule has 24 heavy (non-hydrogen) atoms. The third-order valence-corrected chi connectivity index (χ3v) is 4.77. The van der Waals surface area contributed by atoms with Gasteiger partial charge in [-0.2, -0.15) is 17.5 Å². The topological polar surface area (TPSA) is 57.7 Å². The standard InChI is InChI=1S/C14H16F4N2O3S/c1-3-8-20(10-14(16,17)18)13(21)9-19(2)24(22,23)12-6-4-11(15)5-7-12/h3-7H,1,8-10H2,2H3. The van der Waals surface area contributed by atoms with E-state index in [1.807, 2.05) is 0 Å². The molecule has 1 aromatic carbocycles. The van der Waals surface area contributed by atoms with E-state index in [0.29, 0.717) is 9.21 Å². The second-order valence-corrected chi connectivity index (χ2v) is 6.94. The Kier molecular flexibility index (Phi) is 6.50. The molecule has 10 heteroatoms. The second kappa shape index (κ2) is 7.75. The summed E-state index contributed by atoms with van der Waals surface area (Å²) >= 11 is 0. The maximum absolute atomic E-state index is 12.8. The molecule has 0 unspecified atom stereocenters. The van der Waals surface area contributed by atoms with E-state index >= 15 is 0 Å². The number of carbonyl (C=O) groups is 1. The summed E-state index contributed by atoms with van der Waals surface area (Å²) in [5.74, 6) is -1.67. The number of sulfonamides is 1. The van der Waals surface area contributed by atoms with Crippen LogP contribution >= 0.6 is 0 Å². The molecule has 134 valence electrons. The van der Waals surface area contributed by atoms with Gasteiger partial charge in [-0.1, -0.05) is 6.08 Å². The lowest BCUT2D eigenvalue weighted by Gasteiger charge is -2.25. The molecule has 0 atom stereocenters. The monoisotopic (exact) mass is 368 g/mol. The van der Waals surface area contributed by atoms with Gasteiger partial charge in [-0.05, 0) is 24.3 Å². The van der Waals surface area contributed by atoms with Crippen molar-refractivity contribution in [3.8, 4) is 0 Å². The van der Waals surface area contributed by atoms with Crippen molar-refractivity contribution in [3.63, 3.8) is 0 Å². The third kappa shape index (κ3) is 5.60. The molecule has 0 aliphatic heterocycles. The summed E-state index contributed by atoms with van der Waals surface area (Å²) in [6.45, 7) is 0.596. The average Bonchev–Trinajstić information content (AvgIpc) is 2.45. The van der Waals surface area contributed by atoms with Crippen LogP contribution < -0.4 is 0 Å². The number of likely N-dealkylation sites (N-methyl/N-ethyl adjacent to an activating group) is 1. The van der Waals surface area contributed by atoms with E-state index in [1.165, 1.54) is 0 Å². The lowest BCUT2D eigenvalue weighted by atomic mass is 10.4. The first-order chi connectivity index (χ1) is 11.0. The van der Waals surface area contributed by atoms with E-state index < -0.39 is 41.0 Å². The number of amides is 1. The van der Waals surface area contributed by atoms with Gasteiger partial charge in [0.15, 0.2) is 0 Å². The first kappa shape index (κ1) is 20.1. The van der Waals surface area contributed by atoms with Gasteiger partial charge in [-0.15, -0.1) is 6.58 Å². The highest BCUT2D eigenvalue weighted by Crippen LogP contribution is 2.18. The molecule has 1 amide bonds. The highest BCUT2D eigenvalue weighted by Gasteiger charge is 2.33. The van der Waals surface area contributed by atoms with Crippen LogP contribution in [0.25, 0.3) is 0 Å². The number of rotatable bonds is 7. The number of hydrogen-bond donors (Lipinski definition) is 0. The molecule has 0 aromatic heterocycles. The minimum absolute atomic E-state index is 0.273. The lowest BCUT2D eigenvalue weighted by molar-refractivity contribution is -0.160. The zero-order chi connectivity index (χ0) is 18.5. The van der Waals surface area contributed by atoms with Crippen molar-refractivity contribution in [2.24, 2.45) is 0 Å². The van der Waals surface area contributed by atoms with Gasteiger partial charge >= 0.3 is 6.18 Å². The van der Waals surface area contributed by atoms with Crippen LogP contribution in [0.1, 0.15) is 0 Å². The summed E-state index contributed by atoms with van der Waals surface area (Å²) in [5, 5.41) is 0. The SMILES string of the molecule is C=CCN(CC(F)(F)F)C(=O)CN(C)S(=O)(=O)c1ccc(F)cc1. The molecule has 0 saturated heterocycles. The fourth-order valence-electron chi connectivity index (χ4n) is 1.79. The predicted octanol–water partition coefficient (Wildman–Crippen LogP) is 2.02. The number of nitrogens with zero attached hydrogens (tertiary/aromatic N) is 2. The fourth-order valence-corrected chi connectivity index (χ4v) is 2.91. The molecule has 0 fully saturated rings. The lowest BCUT2D eigenvalue weighted by Crippen LogP contribution is -2.45. The predicted molar refractivity (Wildman–Crippen MR) is 79.0 cm³/mol. The molecule has 0 aliphatic rings. The summed E-state index contributed by atoms with van der Waals surface area (Å²) in [7, 11) is -3.08. The zero-order valence-corrected chi connectivity index (χ0v) is 13.6. The summed E-state index contributed by atoms with van der Waals surface area (Å²) in [5.41, 5.74) is 0. The van der Waals surface area contributed by atoms with Gasteiger partial charge in [0.25, 0.3) is 0 Å². The smallest absolute Gasteiger partial charge is 0.329 e. The normalized spacial score (nSPS) is 12.2. The Morgan fingerprint density at radius 1 is 1.25 bits per heavy atom. The number of carbonyl (C=O) groups excluding carboxylic acids is 1. The Hall–Kier alpha value is -1.94. The Morgan fingerprint density at radius 3 is 2.25 bits per heavy atom. The molecular formula is C14H16F4N2O3S. The molecule has 0 aliphatic carbocycles. The van der Waals surface area contributed by atoms with Crippen molar-refractivity contribution in [1.82, 2.24) is 9.21 Å². The Balaban J connectivity index is 2.90. The highest BCUT2D eigenvalue weighted by atomic mass is 32.2. The van der Waals surface area contributed by atoms with Gasteiger partial charge in [0.1, 0.15) is 12.4 Å². The molecule has 0 heterocycles. The molecular weight excluding hydrogens is 352 g/mol. The van der Waals surface area contributed by atoms with Crippen LogP contribution in [0, 0.1) is 5.82 Å². The maximum Gasteiger partial charge on any atom is 0.406 e. The van der Waals surface area contributed by atoms with E-state index in [0.717, 1.165) is 37.4 Å². The Morgan fingerprint density at radius 2 is 1.79 bits per heavy atom. The molecule has 0 spiro atoms. The first-order valence-corrected chi connectivity index (χ1v) is 8.08. The third-order valence-electron chi connectivity index (χ3n) is 2.95. The Labute approximate surface area is 137 Å². The minimum Gasteiger partial charge on any atom is -0.329 e. The zero-order valence-electron chi connectivity index (χ0n) is 12.8. The largest absolute Gasteiger partial charge is 0.406 e. The van der Waals surface area contributed by atoms with Crippen molar-refractivity contribution in [2.75, 3.05) is 26.7 Å². The average molecular weight is 368 g/mol. The van der Waals surface area contributed by atoms with Gasteiger partial charge in [0, 0.05) is 13.6 Å². The van der Waals surface area contributed by atoms with E-state index in [1.54, 1.807) is 0 Å². The number of halogens is 4. The van der Waals surface area contributed by atoms with Crippen molar-refractivity contribution in [1.29, 1.82) is 0 Å². The molecule has 0 radical (unpaired) electrons. The first-order valence-electron chi connectivity index (χ1n) is 6.64. The van der Waals surface area contributed by atoms with Crippen molar-refractivity contribution in [2.45, 2.75) is 11.1 Å². The number of hydrogen-bond acceptors (Lipinski definition) is 3. The molecule has 0 bridgehead atoms. The van der Waals surface area contributed by atoms with E-state index in [9.17, 15) is 30.8 Å². The number of benzene rings is 1. The van der Waals surface area contributed by atoms with Crippen molar-refractivity contribution in [3.05, 3.63) is 42.7 Å². The van der Waals surface area contributed by atoms with Crippen molar-refractivity contribution >= 4 is 15.9 Å². The van der Waals surface area contributed by atoms with Crippen LogP contribution in [-0.4, -0.2) is 56.4 Å². The molecule has 1 aromatic rings. The summed E-state index contributed by atoms with van der Waals surface area (Å²) in [6, 6.07) is 3.86. The summed E-state index contributed by atoms with van der Waals surface area (Å²) < 4.78 is 75.3. The van der Waals surface area contributed by atoms with Crippen LogP contribution in [0.2, 0.25) is 0 Å². The quantitative estimate of drug-likeness (QED) is 0.547. The van der Waals surface area contributed by atoms with Crippen LogP contribution in [-0.2, 0) is 14.8 Å². The maximum atomic E-state index is 12.8. The van der Waals surface area contributed by atoms with E-state index in [2.05, 4.69) is 6.58 Å². The molecule has 0 N–H and O–H groups in total. The summed E-state index contributed by atoms with van der Waals surface area (Å²) in [6.07, 6.45) is -3.51. The fraction of sp³-hybridized carbons (Fsp3) is 0.357. The summed E-state index contributed by atoms with van der Waals surface area (Å²) in [4.78, 5) is 12.1.